The second-order valence-electron chi connectivity index (χ2n) is 2.65. The maximum absolute atomic E-state index is 8.28. The fourth-order valence-electron chi connectivity index (χ4n) is 0.882. The van der Waals surface area contributed by atoms with Gasteiger partial charge in [-0.15, -0.1) is 0 Å². The van der Waals surface area contributed by atoms with Crippen LogP contribution in [0.25, 0.3) is 0 Å². The van der Waals surface area contributed by atoms with Crippen molar-refractivity contribution in [1.82, 2.24) is 0 Å². The Morgan fingerprint density at radius 1 is 1.50 bits per heavy atom. The lowest BCUT2D eigenvalue weighted by molar-refractivity contribution is 0.394. The average Bonchev–Trinajstić information content (AvgIpc) is 2.19. The molecule has 0 N–H and O–H groups in total. The van der Waals surface area contributed by atoms with Crippen LogP contribution >= 0.6 is 24.0 Å². The van der Waals surface area contributed by atoms with Crippen LogP contribution in [0, 0.1) is 17.6 Å². The standard InChI is InChI=1S/C10H9NOS2/c1-8-2-4-9(5-3-8)10(13)12-7-14-6-11/h2-5H,7H2,1H3. The molecule has 2 nitrogen and oxygen atoms in total. The van der Waals surface area contributed by atoms with Gasteiger partial charge < -0.3 is 4.74 Å². The number of nitriles is 1. The molecule has 4 heteroatoms. The monoisotopic (exact) mass is 223 g/mol. The fourth-order valence-corrected chi connectivity index (χ4v) is 1.38. The predicted molar refractivity (Wildman–Crippen MR) is 62.0 cm³/mol. The van der Waals surface area contributed by atoms with Crippen molar-refractivity contribution < 1.29 is 4.74 Å². The molecule has 0 atom stereocenters. The highest BCUT2D eigenvalue weighted by atomic mass is 32.2. The van der Waals surface area contributed by atoms with Crippen molar-refractivity contribution in [2.45, 2.75) is 6.92 Å². The highest BCUT2D eigenvalue weighted by Gasteiger charge is 2.00. The normalized spacial score (nSPS) is 9.14. The van der Waals surface area contributed by atoms with E-state index >= 15 is 0 Å². The first-order chi connectivity index (χ1) is 6.74. The number of thiocarbonyl (C=S) groups is 1. The van der Waals surface area contributed by atoms with Gasteiger partial charge in [0.15, 0.2) is 5.05 Å². The molecule has 0 aromatic heterocycles. The number of ether oxygens (including phenoxy) is 1. The maximum atomic E-state index is 8.28. The van der Waals surface area contributed by atoms with E-state index in [1.807, 2.05) is 36.6 Å². The SMILES string of the molecule is Cc1ccc(C(=S)OCSC#N)cc1. The zero-order chi connectivity index (χ0) is 10.4. The van der Waals surface area contributed by atoms with Gasteiger partial charge in [-0.3, -0.25) is 0 Å². The number of thioether (sulfide) groups is 1. The van der Waals surface area contributed by atoms with E-state index in [2.05, 4.69) is 0 Å². The highest BCUT2D eigenvalue weighted by Crippen LogP contribution is 2.07. The van der Waals surface area contributed by atoms with Crippen molar-refractivity contribution in [1.29, 1.82) is 5.26 Å². The number of hydrogen-bond donors (Lipinski definition) is 0. The first-order valence-corrected chi connectivity index (χ1v) is 5.38. The van der Waals surface area contributed by atoms with Crippen LogP contribution in [0.1, 0.15) is 11.1 Å². The molecule has 0 spiro atoms. The Bertz CT molecular complexity index is 353. The minimum Gasteiger partial charge on any atom is -0.471 e. The van der Waals surface area contributed by atoms with Gasteiger partial charge in [0.1, 0.15) is 11.3 Å². The second kappa shape index (κ2) is 5.63. The Balaban J connectivity index is 2.53. The Hall–Kier alpha value is -1.05. The van der Waals surface area contributed by atoms with Crippen LogP contribution in [0.15, 0.2) is 24.3 Å². The minimum atomic E-state index is 0.281. The number of benzene rings is 1. The van der Waals surface area contributed by atoms with E-state index < -0.39 is 0 Å². The zero-order valence-electron chi connectivity index (χ0n) is 7.69. The van der Waals surface area contributed by atoms with Crippen molar-refractivity contribution in [3.63, 3.8) is 0 Å². The van der Waals surface area contributed by atoms with E-state index in [1.165, 1.54) is 5.56 Å². The van der Waals surface area contributed by atoms with E-state index in [0.29, 0.717) is 5.05 Å². The van der Waals surface area contributed by atoms with Gasteiger partial charge in [-0.05, 0) is 30.9 Å². The van der Waals surface area contributed by atoms with Gasteiger partial charge in [0, 0.05) is 5.56 Å². The molecule has 0 heterocycles. The van der Waals surface area contributed by atoms with Crippen molar-refractivity contribution in [3.8, 4) is 5.40 Å². The molecule has 1 rings (SSSR count). The maximum Gasteiger partial charge on any atom is 0.192 e. The molecule has 0 amide bonds. The molecule has 0 aliphatic rings. The summed E-state index contributed by atoms with van der Waals surface area (Å²) in [5.74, 6) is 0.281. The summed E-state index contributed by atoms with van der Waals surface area (Å²) >= 11 is 6.06. The van der Waals surface area contributed by atoms with Crippen LogP contribution in [0.2, 0.25) is 0 Å². The Morgan fingerprint density at radius 3 is 2.71 bits per heavy atom. The average molecular weight is 223 g/mol. The molecule has 0 aliphatic carbocycles. The van der Waals surface area contributed by atoms with E-state index in [4.69, 9.17) is 22.2 Å². The molecule has 1 aromatic carbocycles. The van der Waals surface area contributed by atoms with E-state index in [1.54, 1.807) is 0 Å². The lowest BCUT2D eigenvalue weighted by Crippen LogP contribution is -2.02. The Labute approximate surface area is 92.9 Å². The van der Waals surface area contributed by atoms with Crippen LogP contribution in [-0.2, 0) is 4.74 Å². The number of hydrogen-bond acceptors (Lipinski definition) is 4. The second-order valence-corrected chi connectivity index (χ2v) is 3.73. The first kappa shape index (κ1) is 11.0. The van der Waals surface area contributed by atoms with Gasteiger partial charge in [0.05, 0.1) is 0 Å². The van der Waals surface area contributed by atoms with Crippen molar-refractivity contribution in [2.75, 3.05) is 5.94 Å². The van der Waals surface area contributed by atoms with Crippen molar-refractivity contribution in [2.24, 2.45) is 0 Å². The molecular formula is C10H9NOS2. The molecule has 0 radical (unpaired) electrons. The summed E-state index contributed by atoms with van der Waals surface area (Å²) in [6, 6.07) is 7.77. The number of rotatable bonds is 3. The Morgan fingerprint density at radius 2 is 2.14 bits per heavy atom. The lowest BCUT2D eigenvalue weighted by atomic mass is 10.2. The van der Waals surface area contributed by atoms with Crippen LogP contribution in [-0.4, -0.2) is 11.0 Å². The zero-order valence-corrected chi connectivity index (χ0v) is 9.32. The smallest absolute Gasteiger partial charge is 0.192 e. The predicted octanol–water partition coefficient (Wildman–Crippen LogP) is 2.86. The molecule has 1 aromatic rings. The largest absolute Gasteiger partial charge is 0.471 e. The minimum absolute atomic E-state index is 0.281. The van der Waals surface area contributed by atoms with Gasteiger partial charge in [0.2, 0.25) is 0 Å². The van der Waals surface area contributed by atoms with Gasteiger partial charge >= 0.3 is 0 Å². The van der Waals surface area contributed by atoms with Gasteiger partial charge in [-0.2, -0.15) is 5.26 Å². The highest BCUT2D eigenvalue weighted by molar-refractivity contribution is 8.03. The summed E-state index contributed by atoms with van der Waals surface area (Å²) in [5, 5.41) is 10.6. The quantitative estimate of drug-likeness (QED) is 0.341. The summed E-state index contributed by atoms with van der Waals surface area (Å²) in [4.78, 5) is 0. The van der Waals surface area contributed by atoms with Gasteiger partial charge in [-0.1, -0.05) is 29.8 Å². The third kappa shape index (κ3) is 3.36. The molecule has 0 unspecified atom stereocenters. The van der Waals surface area contributed by atoms with Crippen LogP contribution in [0.5, 0.6) is 0 Å². The Kier molecular flexibility index (Phi) is 4.44. The van der Waals surface area contributed by atoms with Crippen LogP contribution in [0.3, 0.4) is 0 Å². The summed E-state index contributed by atoms with van der Waals surface area (Å²) in [6.45, 7) is 2.01. The van der Waals surface area contributed by atoms with E-state index in [-0.39, 0.29) is 5.94 Å². The molecule has 14 heavy (non-hydrogen) atoms. The summed E-state index contributed by atoms with van der Waals surface area (Å²) < 4.78 is 5.18. The van der Waals surface area contributed by atoms with Crippen molar-refractivity contribution in [3.05, 3.63) is 35.4 Å². The lowest BCUT2D eigenvalue weighted by Gasteiger charge is -2.04. The summed E-state index contributed by atoms with van der Waals surface area (Å²) in [7, 11) is 0. The molecule has 0 fully saturated rings. The fraction of sp³-hybridized carbons (Fsp3) is 0.200. The summed E-state index contributed by atoms with van der Waals surface area (Å²) in [6.07, 6.45) is 0. The van der Waals surface area contributed by atoms with E-state index in [9.17, 15) is 0 Å². The van der Waals surface area contributed by atoms with Crippen LogP contribution in [0.4, 0.5) is 0 Å². The van der Waals surface area contributed by atoms with Gasteiger partial charge in [-0.25, -0.2) is 0 Å². The van der Waals surface area contributed by atoms with E-state index in [0.717, 1.165) is 17.3 Å². The topological polar surface area (TPSA) is 33.0 Å². The molecule has 0 bridgehead atoms. The first-order valence-electron chi connectivity index (χ1n) is 3.98. The summed E-state index contributed by atoms with van der Waals surface area (Å²) in [5.41, 5.74) is 2.06. The van der Waals surface area contributed by atoms with Crippen molar-refractivity contribution >= 4 is 29.0 Å². The molecule has 0 saturated carbocycles. The third-order valence-corrected chi connectivity index (χ3v) is 2.32. The number of thiocyanates is 1. The molecule has 0 aliphatic heterocycles. The molecular weight excluding hydrogens is 214 g/mol. The van der Waals surface area contributed by atoms with Crippen LogP contribution < -0.4 is 0 Å². The van der Waals surface area contributed by atoms with Gasteiger partial charge in [0.25, 0.3) is 0 Å². The third-order valence-electron chi connectivity index (χ3n) is 1.60. The number of nitrogens with zero attached hydrogens (tertiary/aromatic N) is 1. The molecule has 72 valence electrons. The molecule has 0 saturated heterocycles. The number of aryl methyl sites for hydroxylation is 1.